The number of alkyl halides is 2. The summed E-state index contributed by atoms with van der Waals surface area (Å²) in [4.78, 5) is 13.9. The summed E-state index contributed by atoms with van der Waals surface area (Å²) in [5, 5.41) is 8.57. The van der Waals surface area contributed by atoms with Gasteiger partial charge in [-0.3, -0.25) is 9.78 Å². The van der Waals surface area contributed by atoms with Crippen LogP contribution in [0.5, 0.6) is 0 Å². The molecule has 0 aliphatic carbocycles. The van der Waals surface area contributed by atoms with Gasteiger partial charge in [-0.25, -0.2) is 8.78 Å². The summed E-state index contributed by atoms with van der Waals surface area (Å²) in [7, 11) is 0. The number of carboxylic acids is 1. The van der Waals surface area contributed by atoms with Crippen LogP contribution in [0.2, 0.25) is 5.02 Å². The molecule has 0 fully saturated rings. The third-order valence-corrected chi connectivity index (χ3v) is 2.43. The zero-order valence-corrected chi connectivity index (χ0v) is 8.55. The van der Waals surface area contributed by atoms with E-state index in [1.54, 1.807) is 0 Å². The molecule has 0 saturated carbocycles. The molecular weight excluding hydrogens is 228 g/mol. The third kappa shape index (κ3) is 2.62. The van der Waals surface area contributed by atoms with Gasteiger partial charge in [0.15, 0.2) is 0 Å². The molecule has 0 radical (unpaired) electrons. The summed E-state index contributed by atoms with van der Waals surface area (Å²) in [5.74, 6) is -1.08. The number of hydrogen-bond acceptors (Lipinski definition) is 2. The minimum atomic E-state index is -2.71. The van der Waals surface area contributed by atoms with Gasteiger partial charge >= 0.3 is 5.97 Å². The fraction of sp³-hybridized carbons (Fsp3) is 0.333. The van der Waals surface area contributed by atoms with Crippen LogP contribution in [0.15, 0.2) is 6.20 Å². The van der Waals surface area contributed by atoms with Crippen molar-refractivity contribution < 1.29 is 18.7 Å². The molecule has 0 spiro atoms. The quantitative estimate of drug-likeness (QED) is 0.876. The first-order chi connectivity index (χ1) is 6.93. The summed E-state index contributed by atoms with van der Waals surface area (Å²) >= 11 is 5.75. The fourth-order valence-corrected chi connectivity index (χ4v) is 1.37. The Balaban J connectivity index is 3.15. The van der Waals surface area contributed by atoms with Gasteiger partial charge in [-0.2, -0.15) is 0 Å². The van der Waals surface area contributed by atoms with Crippen molar-refractivity contribution in [2.75, 3.05) is 0 Å². The molecule has 3 nitrogen and oxygen atoms in total. The smallest absolute Gasteiger partial charge is 0.307 e. The zero-order chi connectivity index (χ0) is 11.6. The van der Waals surface area contributed by atoms with E-state index in [1.807, 2.05) is 0 Å². The average molecular weight is 236 g/mol. The van der Waals surface area contributed by atoms with Gasteiger partial charge in [0, 0.05) is 11.8 Å². The molecule has 0 aliphatic rings. The van der Waals surface area contributed by atoms with Crippen LogP contribution in [0.25, 0.3) is 0 Å². The maximum Gasteiger partial charge on any atom is 0.307 e. The molecule has 6 heteroatoms. The lowest BCUT2D eigenvalue weighted by Crippen LogP contribution is -2.04. The van der Waals surface area contributed by atoms with E-state index in [0.29, 0.717) is 0 Å². The lowest BCUT2D eigenvalue weighted by atomic mass is 10.1. The normalized spacial score (nSPS) is 10.7. The van der Waals surface area contributed by atoms with Crippen LogP contribution >= 0.6 is 11.6 Å². The molecule has 1 aromatic rings. The van der Waals surface area contributed by atoms with E-state index in [4.69, 9.17) is 16.7 Å². The minimum absolute atomic E-state index is 0.0442. The third-order valence-electron chi connectivity index (χ3n) is 1.90. The Bertz CT molecular complexity index is 396. The van der Waals surface area contributed by atoms with Gasteiger partial charge in [0.25, 0.3) is 6.43 Å². The second kappa shape index (κ2) is 4.53. The van der Waals surface area contributed by atoms with Crippen molar-refractivity contribution in [3.63, 3.8) is 0 Å². The lowest BCUT2D eigenvalue weighted by molar-refractivity contribution is -0.136. The predicted molar refractivity (Wildman–Crippen MR) is 50.3 cm³/mol. The Morgan fingerprint density at radius 3 is 2.73 bits per heavy atom. The number of carboxylic acid groups (broad SMARTS) is 1. The van der Waals surface area contributed by atoms with Gasteiger partial charge in [-0.05, 0) is 12.5 Å². The molecule has 0 atom stereocenters. The van der Waals surface area contributed by atoms with Crippen molar-refractivity contribution in [3.8, 4) is 0 Å². The van der Waals surface area contributed by atoms with Gasteiger partial charge in [-0.15, -0.1) is 0 Å². The number of aromatic nitrogens is 1. The predicted octanol–water partition coefficient (Wildman–Crippen LogP) is 2.61. The molecule has 0 aromatic carbocycles. The van der Waals surface area contributed by atoms with E-state index in [1.165, 1.54) is 6.92 Å². The maximum atomic E-state index is 12.4. The van der Waals surface area contributed by atoms with Gasteiger partial charge in [0.2, 0.25) is 0 Å². The summed E-state index contributed by atoms with van der Waals surface area (Å²) in [6.45, 7) is 1.39. The van der Waals surface area contributed by atoms with Crippen molar-refractivity contribution in [2.45, 2.75) is 19.8 Å². The summed E-state index contributed by atoms with van der Waals surface area (Å²) in [6.07, 6.45) is -1.96. The highest BCUT2D eigenvalue weighted by molar-refractivity contribution is 6.32. The van der Waals surface area contributed by atoms with Gasteiger partial charge in [0.05, 0.1) is 11.4 Å². The van der Waals surface area contributed by atoms with Crippen LogP contribution < -0.4 is 0 Å². The number of pyridine rings is 1. The molecule has 15 heavy (non-hydrogen) atoms. The SMILES string of the molecule is Cc1c(C(F)F)ncc(CC(=O)O)c1Cl. The zero-order valence-electron chi connectivity index (χ0n) is 7.80. The van der Waals surface area contributed by atoms with E-state index in [-0.39, 0.29) is 22.6 Å². The van der Waals surface area contributed by atoms with Crippen molar-refractivity contribution in [1.29, 1.82) is 0 Å². The number of hydrogen-bond donors (Lipinski definition) is 1. The molecule has 1 rings (SSSR count). The van der Waals surface area contributed by atoms with Crippen LogP contribution in [0.4, 0.5) is 8.78 Å². The highest BCUT2D eigenvalue weighted by Gasteiger charge is 2.17. The Labute approximate surface area is 89.7 Å². The van der Waals surface area contributed by atoms with Gasteiger partial charge < -0.3 is 5.11 Å². The molecular formula is C9H8ClF2NO2. The first-order valence-corrected chi connectivity index (χ1v) is 4.45. The van der Waals surface area contributed by atoms with Gasteiger partial charge in [0.1, 0.15) is 5.69 Å². The maximum absolute atomic E-state index is 12.4. The second-order valence-corrected chi connectivity index (χ2v) is 3.36. The number of aliphatic carboxylic acids is 1. The molecule has 1 heterocycles. The van der Waals surface area contributed by atoms with Crippen LogP contribution in [-0.2, 0) is 11.2 Å². The van der Waals surface area contributed by atoms with Crippen LogP contribution in [-0.4, -0.2) is 16.1 Å². The summed E-state index contributed by atoms with van der Waals surface area (Å²) < 4.78 is 24.7. The summed E-state index contributed by atoms with van der Waals surface area (Å²) in [6, 6.07) is 0. The Morgan fingerprint density at radius 1 is 1.67 bits per heavy atom. The molecule has 0 amide bonds. The highest BCUT2D eigenvalue weighted by atomic mass is 35.5. The van der Waals surface area contributed by atoms with Crippen LogP contribution in [0, 0.1) is 6.92 Å². The average Bonchev–Trinajstić information content (AvgIpc) is 2.12. The summed E-state index contributed by atoms with van der Waals surface area (Å²) in [5.41, 5.74) is -0.0365. The number of carbonyl (C=O) groups is 1. The fourth-order valence-electron chi connectivity index (χ4n) is 1.16. The van der Waals surface area contributed by atoms with Crippen LogP contribution in [0.3, 0.4) is 0 Å². The molecule has 0 unspecified atom stereocenters. The molecule has 1 N–H and O–H groups in total. The van der Waals surface area contributed by atoms with E-state index in [9.17, 15) is 13.6 Å². The van der Waals surface area contributed by atoms with Crippen molar-refractivity contribution in [1.82, 2.24) is 4.98 Å². The highest BCUT2D eigenvalue weighted by Crippen LogP contribution is 2.28. The van der Waals surface area contributed by atoms with E-state index in [0.717, 1.165) is 6.20 Å². The molecule has 0 aliphatic heterocycles. The topological polar surface area (TPSA) is 50.2 Å². The second-order valence-electron chi connectivity index (χ2n) is 2.98. The first-order valence-electron chi connectivity index (χ1n) is 4.07. The number of nitrogens with zero attached hydrogens (tertiary/aromatic N) is 1. The van der Waals surface area contributed by atoms with E-state index >= 15 is 0 Å². The Morgan fingerprint density at radius 2 is 2.27 bits per heavy atom. The Kier molecular flexibility index (Phi) is 3.57. The lowest BCUT2D eigenvalue weighted by Gasteiger charge is -2.08. The molecule has 0 saturated heterocycles. The van der Waals surface area contributed by atoms with Crippen LogP contribution in [0.1, 0.15) is 23.2 Å². The first kappa shape index (κ1) is 11.8. The monoisotopic (exact) mass is 235 g/mol. The van der Waals surface area contributed by atoms with E-state index in [2.05, 4.69) is 4.98 Å². The van der Waals surface area contributed by atoms with Crippen molar-refractivity contribution in [3.05, 3.63) is 28.0 Å². The van der Waals surface area contributed by atoms with Crippen molar-refractivity contribution >= 4 is 17.6 Å². The van der Waals surface area contributed by atoms with Gasteiger partial charge in [-0.1, -0.05) is 11.6 Å². The molecule has 1 aromatic heterocycles. The van der Waals surface area contributed by atoms with E-state index < -0.39 is 18.1 Å². The van der Waals surface area contributed by atoms with Crippen molar-refractivity contribution in [2.24, 2.45) is 0 Å². The standard InChI is InChI=1S/C9H8ClF2NO2/c1-4-7(10)5(2-6(14)15)3-13-8(4)9(11)12/h3,9H,2H2,1H3,(H,14,15). The Hall–Kier alpha value is -1.23. The minimum Gasteiger partial charge on any atom is -0.481 e. The largest absolute Gasteiger partial charge is 0.481 e. The molecule has 82 valence electrons. The number of rotatable bonds is 3. The number of halogens is 3. The molecule has 0 bridgehead atoms.